The summed E-state index contributed by atoms with van der Waals surface area (Å²) in [7, 11) is 0. The van der Waals surface area contributed by atoms with Crippen molar-refractivity contribution in [2.45, 2.75) is 26.2 Å². The van der Waals surface area contributed by atoms with Crippen LogP contribution in [0.15, 0.2) is 24.3 Å². The number of carbonyl (C=O) groups excluding carboxylic acids is 1. The van der Waals surface area contributed by atoms with E-state index in [0.29, 0.717) is 17.7 Å². The zero-order valence-electron chi connectivity index (χ0n) is 9.40. The van der Waals surface area contributed by atoms with E-state index < -0.39 is 0 Å². The number of nitrogens with zero attached hydrogens (tertiary/aromatic N) is 1. The molecule has 0 amide bonds. The molecular weight excluding hydrogens is 202 g/mol. The molecule has 0 spiro atoms. The highest BCUT2D eigenvalue weighted by Crippen LogP contribution is 2.05. The summed E-state index contributed by atoms with van der Waals surface area (Å²) < 4.78 is 5.08. The van der Waals surface area contributed by atoms with Gasteiger partial charge >= 0.3 is 5.97 Å². The summed E-state index contributed by atoms with van der Waals surface area (Å²) in [6.45, 7) is 2.56. The second-order valence-electron chi connectivity index (χ2n) is 3.53. The van der Waals surface area contributed by atoms with Gasteiger partial charge in [0.15, 0.2) is 0 Å². The molecule has 0 heterocycles. The number of esters is 1. The summed E-state index contributed by atoms with van der Waals surface area (Å²) in [5.41, 5.74) is 1.04. The van der Waals surface area contributed by atoms with Gasteiger partial charge < -0.3 is 4.74 Å². The molecule has 0 aliphatic carbocycles. The fourth-order valence-electron chi connectivity index (χ4n) is 1.28. The van der Waals surface area contributed by atoms with Crippen LogP contribution in [0.25, 0.3) is 0 Å². The van der Waals surface area contributed by atoms with Gasteiger partial charge in [-0.15, -0.1) is 0 Å². The largest absolute Gasteiger partial charge is 0.462 e. The molecule has 0 aliphatic heterocycles. The molecule has 1 aromatic carbocycles. The number of carbonyl (C=O) groups is 1. The van der Waals surface area contributed by atoms with Crippen molar-refractivity contribution in [3.05, 3.63) is 35.4 Å². The van der Waals surface area contributed by atoms with E-state index in [1.54, 1.807) is 24.3 Å². The van der Waals surface area contributed by atoms with Gasteiger partial charge in [-0.3, -0.25) is 0 Å². The Balaban J connectivity index is 2.44. The van der Waals surface area contributed by atoms with Gasteiger partial charge in [-0.1, -0.05) is 19.8 Å². The fourth-order valence-corrected chi connectivity index (χ4v) is 1.28. The molecule has 3 heteroatoms. The molecule has 0 aliphatic rings. The maximum atomic E-state index is 11.5. The van der Waals surface area contributed by atoms with Crippen molar-refractivity contribution in [2.75, 3.05) is 6.61 Å². The minimum absolute atomic E-state index is 0.319. The zero-order chi connectivity index (χ0) is 11.8. The zero-order valence-corrected chi connectivity index (χ0v) is 9.40. The van der Waals surface area contributed by atoms with E-state index in [2.05, 4.69) is 6.92 Å². The van der Waals surface area contributed by atoms with E-state index in [4.69, 9.17) is 10.00 Å². The number of benzene rings is 1. The van der Waals surface area contributed by atoms with Crippen molar-refractivity contribution in [1.29, 1.82) is 5.26 Å². The number of hydrogen-bond donors (Lipinski definition) is 0. The molecular formula is C13H15NO2. The average molecular weight is 217 g/mol. The van der Waals surface area contributed by atoms with Crippen LogP contribution in [0.4, 0.5) is 0 Å². The highest BCUT2D eigenvalue weighted by Gasteiger charge is 2.05. The Labute approximate surface area is 95.7 Å². The van der Waals surface area contributed by atoms with Gasteiger partial charge in [-0.2, -0.15) is 5.26 Å². The van der Waals surface area contributed by atoms with Crippen molar-refractivity contribution >= 4 is 5.97 Å². The van der Waals surface area contributed by atoms with Gasteiger partial charge in [0.2, 0.25) is 0 Å². The summed E-state index contributed by atoms with van der Waals surface area (Å²) in [4.78, 5) is 11.5. The fraction of sp³-hybridized carbons (Fsp3) is 0.385. The van der Waals surface area contributed by atoms with Crippen molar-refractivity contribution in [2.24, 2.45) is 0 Å². The Morgan fingerprint density at radius 1 is 1.31 bits per heavy atom. The number of unbranched alkanes of at least 4 members (excludes halogenated alkanes) is 2. The summed E-state index contributed by atoms with van der Waals surface area (Å²) in [5.74, 6) is -0.319. The van der Waals surface area contributed by atoms with Gasteiger partial charge in [0.25, 0.3) is 0 Å². The van der Waals surface area contributed by atoms with Crippen LogP contribution in [0.3, 0.4) is 0 Å². The number of ether oxygens (including phenoxy) is 1. The average Bonchev–Trinajstić information content (AvgIpc) is 2.34. The van der Waals surface area contributed by atoms with Crippen LogP contribution in [0.1, 0.15) is 42.1 Å². The normalized spacial score (nSPS) is 9.50. The number of hydrogen-bond acceptors (Lipinski definition) is 3. The third-order valence-electron chi connectivity index (χ3n) is 2.23. The maximum absolute atomic E-state index is 11.5. The number of nitriles is 1. The molecule has 1 rings (SSSR count). The molecule has 84 valence electrons. The van der Waals surface area contributed by atoms with Gasteiger partial charge in [0.1, 0.15) is 0 Å². The SMILES string of the molecule is CCCCCOC(=O)c1ccc(C#N)cc1. The van der Waals surface area contributed by atoms with Crippen LogP contribution < -0.4 is 0 Å². The molecule has 0 fully saturated rings. The van der Waals surface area contributed by atoms with E-state index in [1.165, 1.54) is 0 Å². The first-order valence-corrected chi connectivity index (χ1v) is 5.45. The quantitative estimate of drug-likeness (QED) is 0.562. The van der Waals surface area contributed by atoms with Crippen LogP contribution in [-0.4, -0.2) is 12.6 Å². The lowest BCUT2D eigenvalue weighted by Gasteiger charge is -2.03. The second kappa shape index (κ2) is 6.62. The Bertz CT molecular complexity index is 376. The Morgan fingerprint density at radius 3 is 2.56 bits per heavy atom. The van der Waals surface area contributed by atoms with Crippen LogP contribution >= 0.6 is 0 Å². The van der Waals surface area contributed by atoms with Gasteiger partial charge in [0, 0.05) is 0 Å². The smallest absolute Gasteiger partial charge is 0.338 e. The van der Waals surface area contributed by atoms with E-state index in [-0.39, 0.29) is 5.97 Å². The molecule has 0 N–H and O–H groups in total. The minimum atomic E-state index is -0.319. The van der Waals surface area contributed by atoms with E-state index in [0.717, 1.165) is 19.3 Å². The molecule has 0 bridgehead atoms. The first kappa shape index (κ1) is 12.3. The lowest BCUT2D eigenvalue weighted by molar-refractivity contribution is 0.0498. The second-order valence-corrected chi connectivity index (χ2v) is 3.53. The van der Waals surface area contributed by atoms with Gasteiger partial charge in [-0.25, -0.2) is 4.79 Å². The van der Waals surface area contributed by atoms with E-state index in [1.807, 2.05) is 6.07 Å². The Kier molecular flexibility index (Phi) is 5.07. The van der Waals surface area contributed by atoms with Crippen LogP contribution in [0.5, 0.6) is 0 Å². The highest BCUT2D eigenvalue weighted by molar-refractivity contribution is 5.89. The third kappa shape index (κ3) is 3.74. The molecule has 0 radical (unpaired) electrons. The Hall–Kier alpha value is -1.82. The molecule has 0 aromatic heterocycles. The summed E-state index contributed by atoms with van der Waals surface area (Å²) in [5, 5.41) is 8.60. The summed E-state index contributed by atoms with van der Waals surface area (Å²) in [6, 6.07) is 8.45. The summed E-state index contributed by atoms with van der Waals surface area (Å²) >= 11 is 0. The molecule has 3 nitrogen and oxygen atoms in total. The van der Waals surface area contributed by atoms with E-state index in [9.17, 15) is 4.79 Å². The van der Waals surface area contributed by atoms with Crippen LogP contribution in [0.2, 0.25) is 0 Å². The van der Waals surface area contributed by atoms with E-state index >= 15 is 0 Å². The number of rotatable bonds is 5. The first-order valence-electron chi connectivity index (χ1n) is 5.45. The Morgan fingerprint density at radius 2 is 2.00 bits per heavy atom. The van der Waals surface area contributed by atoms with Gasteiger partial charge in [-0.05, 0) is 30.7 Å². The topological polar surface area (TPSA) is 50.1 Å². The molecule has 16 heavy (non-hydrogen) atoms. The third-order valence-corrected chi connectivity index (χ3v) is 2.23. The predicted octanol–water partition coefficient (Wildman–Crippen LogP) is 2.91. The first-order chi connectivity index (χ1) is 7.77. The van der Waals surface area contributed by atoms with Gasteiger partial charge in [0.05, 0.1) is 23.8 Å². The molecule has 0 saturated heterocycles. The molecule has 0 atom stereocenters. The van der Waals surface area contributed by atoms with Crippen LogP contribution in [-0.2, 0) is 4.74 Å². The monoisotopic (exact) mass is 217 g/mol. The lowest BCUT2D eigenvalue weighted by Crippen LogP contribution is -2.06. The highest BCUT2D eigenvalue weighted by atomic mass is 16.5. The van der Waals surface area contributed by atoms with Crippen LogP contribution in [0, 0.1) is 11.3 Å². The standard InChI is InChI=1S/C13H15NO2/c1-2-3-4-9-16-13(15)12-7-5-11(10-14)6-8-12/h5-8H,2-4,9H2,1H3. The minimum Gasteiger partial charge on any atom is -0.462 e. The van der Waals surface area contributed by atoms with Crippen molar-refractivity contribution in [1.82, 2.24) is 0 Å². The molecule has 1 aromatic rings. The van der Waals surface area contributed by atoms with Crippen molar-refractivity contribution in [3.8, 4) is 6.07 Å². The predicted molar refractivity (Wildman–Crippen MR) is 61.0 cm³/mol. The lowest BCUT2D eigenvalue weighted by atomic mass is 10.1. The van der Waals surface area contributed by atoms with Crippen molar-refractivity contribution in [3.63, 3.8) is 0 Å². The maximum Gasteiger partial charge on any atom is 0.338 e. The molecule has 0 unspecified atom stereocenters. The van der Waals surface area contributed by atoms with Crippen molar-refractivity contribution < 1.29 is 9.53 Å². The molecule has 0 saturated carbocycles. The summed E-state index contributed by atoms with van der Waals surface area (Å²) in [6.07, 6.45) is 3.08.